The number of hydrogen-bond acceptors (Lipinski definition) is 3. The molecule has 1 fully saturated rings. The van der Waals surface area contributed by atoms with Crippen LogP contribution in [0.2, 0.25) is 0 Å². The normalized spacial score (nSPS) is 22.7. The fourth-order valence-corrected chi connectivity index (χ4v) is 1.90. The van der Waals surface area contributed by atoms with Crippen LogP contribution >= 0.6 is 0 Å². The Balaban J connectivity index is 2.36. The molecule has 1 atom stereocenters. The van der Waals surface area contributed by atoms with Crippen molar-refractivity contribution in [3.05, 3.63) is 0 Å². The molecule has 0 saturated carbocycles. The van der Waals surface area contributed by atoms with Gasteiger partial charge in [-0.2, -0.15) is 0 Å². The minimum Gasteiger partial charge on any atom is -0.376 e. The van der Waals surface area contributed by atoms with Gasteiger partial charge in [0.25, 0.3) is 0 Å². The Morgan fingerprint density at radius 2 is 2.13 bits per heavy atom. The van der Waals surface area contributed by atoms with Crippen molar-refractivity contribution in [2.24, 2.45) is 0 Å². The van der Waals surface area contributed by atoms with Crippen LogP contribution in [0.25, 0.3) is 0 Å². The van der Waals surface area contributed by atoms with Crippen molar-refractivity contribution in [2.45, 2.75) is 26.9 Å². The first-order chi connectivity index (χ1) is 7.17. The molecule has 0 radical (unpaired) electrons. The number of morpholine rings is 1. The molecule has 88 valence electrons. The van der Waals surface area contributed by atoms with Crippen LogP contribution in [0.5, 0.6) is 0 Å². The largest absolute Gasteiger partial charge is 0.376 e. The topological polar surface area (TPSA) is 32.8 Å². The lowest BCUT2D eigenvalue weighted by Crippen LogP contribution is -2.47. The van der Waals surface area contributed by atoms with Crippen molar-refractivity contribution in [1.82, 2.24) is 9.80 Å². The molecule has 0 aromatic rings. The fraction of sp³-hybridized carbons (Fsp3) is 0.909. The second-order valence-corrected chi connectivity index (χ2v) is 3.98. The smallest absolute Gasteiger partial charge is 0.236 e. The molecule has 1 saturated heterocycles. The van der Waals surface area contributed by atoms with Crippen LogP contribution in [0.3, 0.4) is 0 Å². The Morgan fingerprint density at radius 1 is 1.47 bits per heavy atom. The van der Waals surface area contributed by atoms with Gasteiger partial charge in [-0.25, -0.2) is 0 Å². The van der Waals surface area contributed by atoms with Gasteiger partial charge in [0.15, 0.2) is 0 Å². The summed E-state index contributed by atoms with van der Waals surface area (Å²) in [7, 11) is 0. The highest BCUT2D eigenvalue weighted by atomic mass is 16.5. The van der Waals surface area contributed by atoms with E-state index in [4.69, 9.17) is 4.74 Å². The summed E-state index contributed by atoms with van der Waals surface area (Å²) >= 11 is 0. The van der Waals surface area contributed by atoms with E-state index in [-0.39, 0.29) is 12.0 Å². The van der Waals surface area contributed by atoms with Gasteiger partial charge in [0.05, 0.1) is 19.3 Å². The van der Waals surface area contributed by atoms with E-state index < -0.39 is 0 Å². The van der Waals surface area contributed by atoms with E-state index in [1.807, 2.05) is 25.7 Å². The van der Waals surface area contributed by atoms with Gasteiger partial charge in [0.1, 0.15) is 0 Å². The summed E-state index contributed by atoms with van der Waals surface area (Å²) in [6, 6.07) is 0. The first kappa shape index (κ1) is 12.5. The number of amides is 1. The van der Waals surface area contributed by atoms with E-state index in [9.17, 15) is 4.79 Å². The maximum Gasteiger partial charge on any atom is 0.236 e. The Bertz CT molecular complexity index is 205. The summed E-state index contributed by atoms with van der Waals surface area (Å²) in [4.78, 5) is 15.9. The van der Waals surface area contributed by atoms with Gasteiger partial charge in [0.2, 0.25) is 5.91 Å². The van der Waals surface area contributed by atoms with Crippen molar-refractivity contribution in [3.63, 3.8) is 0 Å². The third-order valence-electron chi connectivity index (χ3n) is 2.80. The van der Waals surface area contributed by atoms with Gasteiger partial charge in [-0.15, -0.1) is 0 Å². The zero-order valence-corrected chi connectivity index (χ0v) is 10.0. The number of ether oxygens (including phenoxy) is 1. The molecule has 1 amide bonds. The predicted octanol–water partition coefficient (Wildman–Crippen LogP) is 0.575. The number of rotatable bonds is 4. The van der Waals surface area contributed by atoms with Crippen LogP contribution in [0.1, 0.15) is 20.8 Å². The zero-order chi connectivity index (χ0) is 11.3. The monoisotopic (exact) mass is 214 g/mol. The van der Waals surface area contributed by atoms with Gasteiger partial charge in [0, 0.05) is 26.2 Å². The van der Waals surface area contributed by atoms with E-state index >= 15 is 0 Å². The van der Waals surface area contributed by atoms with E-state index in [1.54, 1.807) is 0 Å². The molecule has 0 aromatic heterocycles. The maximum atomic E-state index is 11.8. The maximum absolute atomic E-state index is 11.8. The van der Waals surface area contributed by atoms with E-state index in [0.29, 0.717) is 6.54 Å². The molecule has 0 N–H and O–H groups in total. The number of carbonyl (C=O) groups is 1. The summed E-state index contributed by atoms with van der Waals surface area (Å²) in [5, 5.41) is 0. The second-order valence-electron chi connectivity index (χ2n) is 3.98. The predicted molar refractivity (Wildman–Crippen MR) is 59.8 cm³/mol. The van der Waals surface area contributed by atoms with Gasteiger partial charge < -0.3 is 9.64 Å². The molecule has 0 bridgehead atoms. The van der Waals surface area contributed by atoms with Crippen LogP contribution in [0, 0.1) is 0 Å². The summed E-state index contributed by atoms with van der Waals surface area (Å²) in [6.45, 7) is 10.7. The molecule has 4 heteroatoms. The molecule has 1 unspecified atom stereocenters. The molecular weight excluding hydrogens is 192 g/mol. The third-order valence-corrected chi connectivity index (χ3v) is 2.80. The SMILES string of the molecule is CCN(CC)C(=O)CN1CCOC(C)C1. The van der Waals surface area contributed by atoms with Crippen molar-refractivity contribution in [2.75, 3.05) is 39.3 Å². The first-order valence-corrected chi connectivity index (χ1v) is 5.79. The van der Waals surface area contributed by atoms with Gasteiger partial charge in [-0.1, -0.05) is 0 Å². The van der Waals surface area contributed by atoms with Crippen LogP contribution < -0.4 is 0 Å². The van der Waals surface area contributed by atoms with Crippen molar-refractivity contribution in [1.29, 1.82) is 0 Å². The Labute approximate surface area is 92.2 Å². The minimum atomic E-state index is 0.231. The summed E-state index contributed by atoms with van der Waals surface area (Å²) in [6.07, 6.45) is 0.253. The van der Waals surface area contributed by atoms with Gasteiger partial charge >= 0.3 is 0 Å². The quantitative estimate of drug-likeness (QED) is 0.686. The Hall–Kier alpha value is -0.610. The molecule has 1 aliphatic rings. The molecular formula is C11H22N2O2. The first-order valence-electron chi connectivity index (χ1n) is 5.79. The zero-order valence-electron chi connectivity index (χ0n) is 10.0. The average molecular weight is 214 g/mol. The lowest BCUT2D eigenvalue weighted by Gasteiger charge is -2.32. The lowest BCUT2D eigenvalue weighted by atomic mass is 10.3. The molecule has 0 aliphatic carbocycles. The summed E-state index contributed by atoms with van der Waals surface area (Å²) in [5.74, 6) is 0.231. The molecule has 15 heavy (non-hydrogen) atoms. The standard InChI is InChI=1S/C11H22N2O2/c1-4-13(5-2)11(14)9-12-6-7-15-10(3)8-12/h10H,4-9H2,1-3H3. The van der Waals surface area contributed by atoms with Crippen molar-refractivity contribution in [3.8, 4) is 0 Å². The van der Waals surface area contributed by atoms with Gasteiger partial charge in [-0.05, 0) is 20.8 Å². The van der Waals surface area contributed by atoms with Crippen molar-refractivity contribution >= 4 is 5.91 Å². The third kappa shape index (κ3) is 3.80. The minimum absolute atomic E-state index is 0.231. The number of carbonyl (C=O) groups excluding carboxylic acids is 1. The molecule has 1 heterocycles. The fourth-order valence-electron chi connectivity index (χ4n) is 1.90. The molecule has 0 aromatic carbocycles. The van der Waals surface area contributed by atoms with Crippen molar-refractivity contribution < 1.29 is 9.53 Å². The van der Waals surface area contributed by atoms with E-state index in [1.165, 1.54) is 0 Å². The average Bonchev–Trinajstić information content (AvgIpc) is 2.19. The number of nitrogens with zero attached hydrogens (tertiary/aromatic N) is 2. The van der Waals surface area contributed by atoms with Crippen LogP contribution in [0.4, 0.5) is 0 Å². The van der Waals surface area contributed by atoms with E-state index in [2.05, 4.69) is 4.90 Å². The van der Waals surface area contributed by atoms with Crippen LogP contribution in [-0.4, -0.2) is 61.1 Å². The second kappa shape index (κ2) is 6.08. The molecule has 1 rings (SSSR count). The number of likely N-dealkylation sites (N-methyl/N-ethyl adjacent to an activating group) is 1. The molecule has 0 spiro atoms. The Morgan fingerprint density at radius 3 is 2.67 bits per heavy atom. The summed E-state index contributed by atoms with van der Waals surface area (Å²) in [5.41, 5.74) is 0. The van der Waals surface area contributed by atoms with Crippen LogP contribution in [0.15, 0.2) is 0 Å². The Kier molecular flexibility index (Phi) is 5.05. The summed E-state index contributed by atoms with van der Waals surface area (Å²) < 4.78 is 5.44. The molecule has 4 nitrogen and oxygen atoms in total. The molecule has 1 aliphatic heterocycles. The van der Waals surface area contributed by atoms with Gasteiger partial charge in [-0.3, -0.25) is 9.69 Å². The highest BCUT2D eigenvalue weighted by molar-refractivity contribution is 5.78. The highest BCUT2D eigenvalue weighted by Gasteiger charge is 2.20. The number of hydrogen-bond donors (Lipinski definition) is 0. The van der Waals surface area contributed by atoms with Crippen LogP contribution in [-0.2, 0) is 9.53 Å². The highest BCUT2D eigenvalue weighted by Crippen LogP contribution is 2.04. The van der Waals surface area contributed by atoms with E-state index in [0.717, 1.165) is 32.8 Å². The lowest BCUT2D eigenvalue weighted by molar-refractivity contribution is -0.133.